The van der Waals surface area contributed by atoms with E-state index >= 15 is 0 Å². The van der Waals surface area contributed by atoms with Gasteiger partial charge in [0.05, 0.1) is 6.10 Å². The van der Waals surface area contributed by atoms with Gasteiger partial charge in [-0.3, -0.25) is 0 Å². The van der Waals surface area contributed by atoms with Crippen LogP contribution in [0.25, 0.3) is 0 Å². The summed E-state index contributed by atoms with van der Waals surface area (Å²) in [4.78, 5) is 0.259. The molecule has 0 spiro atoms. The Morgan fingerprint density at radius 3 is 2.82 bits per heavy atom. The fraction of sp³-hybridized carbons (Fsp3) is 0.538. The molecule has 1 heterocycles. The number of halogens is 1. The van der Waals surface area contributed by atoms with Crippen LogP contribution < -0.4 is 9.47 Å². The van der Waals surface area contributed by atoms with E-state index in [2.05, 4.69) is 29.8 Å². The Bertz CT molecular complexity index is 379. The van der Waals surface area contributed by atoms with Gasteiger partial charge in [-0.25, -0.2) is 0 Å². The minimum absolute atomic E-state index is 0.0458. The first-order valence-corrected chi connectivity index (χ1v) is 6.79. The van der Waals surface area contributed by atoms with Crippen molar-refractivity contribution in [1.29, 1.82) is 0 Å². The van der Waals surface area contributed by atoms with E-state index in [9.17, 15) is 0 Å². The highest BCUT2D eigenvalue weighted by atomic mass is 79.9. The van der Waals surface area contributed by atoms with E-state index in [0.717, 1.165) is 30.1 Å². The van der Waals surface area contributed by atoms with Gasteiger partial charge in [-0.15, -0.1) is 0 Å². The second kappa shape index (κ2) is 5.74. The predicted octanol–water partition coefficient (Wildman–Crippen LogP) is 3.67. The number of ether oxygens (including phenoxy) is 3. The van der Waals surface area contributed by atoms with Crippen molar-refractivity contribution < 1.29 is 14.2 Å². The predicted molar refractivity (Wildman–Crippen MR) is 69.9 cm³/mol. The summed E-state index contributed by atoms with van der Waals surface area (Å²) < 4.78 is 16.5. The van der Waals surface area contributed by atoms with Crippen molar-refractivity contribution in [3.8, 4) is 11.5 Å². The third-order valence-electron chi connectivity index (χ3n) is 2.64. The van der Waals surface area contributed by atoms with Gasteiger partial charge in [0.15, 0.2) is 11.5 Å². The lowest BCUT2D eigenvalue weighted by atomic mass is 10.1. The van der Waals surface area contributed by atoms with Crippen LogP contribution in [0.2, 0.25) is 0 Å². The quantitative estimate of drug-likeness (QED) is 0.777. The average molecular weight is 301 g/mol. The molecule has 0 bridgehead atoms. The van der Waals surface area contributed by atoms with E-state index in [0.29, 0.717) is 6.79 Å². The zero-order valence-corrected chi connectivity index (χ0v) is 11.7. The molecule has 0 N–H and O–H groups in total. The third kappa shape index (κ3) is 2.93. The van der Waals surface area contributed by atoms with Crippen LogP contribution in [0.1, 0.15) is 31.9 Å². The Morgan fingerprint density at radius 2 is 2.12 bits per heavy atom. The minimum atomic E-state index is 0.0458. The van der Waals surface area contributed by atoms with E-state index in [1.54, 1.807) is 0 Å². The minimum Gasteiger partial charge on any atom is -0.454 e. The third-order valence-corrected chi connectivity index (χ3v) is 3.12. The van der Waals surface area contributed by atoms with Gasteiger partial charge in [0, 0.05) is 11.4 Å². The van der Waals surface area contributed by atoms with E-state index in [1.165, 1.54) is 0 Å². The summed E-state index contributed by atoms with van der Waals surface area (Å²) in [6.45, 7) is 5.26. The Balaban J connectivity index is 2.17. The maximum absolute atomic E-state index is 5.86. The van der Waals surface area contributed by atoms with Gasteiger partial charge < -0.3 is 14.2 Å². The molecular formula is C13H17BrO3. The molecule has 0 saturated heterocycles. The lowest BCUT2D eigenvalue weighted by Gasteiger charge is -2.20. The van der Waals surface area contributed by atoms with Crippen LogP contribution in [-0.2, 0) is 4.74 Å². The van der Waals surface area contributed by atoms with E-state index in [-0.39, 0.29) is 10.9 Å². The monoisotopic (exact) mass is 300 g/mol. The molecule has 0 unspecified atom stereocenters. The lowest BCUT2D eigenvalue weighted by molar-refractivity contribution is 0.0554. The molecule has 1 aromatic carbocycles. The number of rotatable bonds is 5. The van der Waals surface area contributed by atoms with Gasteiger partial charge in [-0.05, 0) is 31.0 Å². The van der Waals surface area contributed by atoms with Gasteiger partial charge in [0.1, 0.15) is 0 Å². The summed E-state index contributed by atoms with van der Waals surface area (Å²) >= 11 is 3.59. The summed E-state index contributed by atoms with van der Waals surface area (Å²) in [5.41, 5.74) is 1.12. The SMILES string of the molecule is CCCO[C@H](c1ccc2c(c1)OCO2)[C@@H](C)Br. The van der Waals surface area contributed by atoms with Crippen LogP contribution in [-0.4, -0.2) is 18.2 Å². The summed E-state index contributed by atoms with van der Waals surface area (Å²) in [6, 6.07) is 5.97. The van der Waals surface area contributed by atoms with Crippen molar-refractivity contribution in [1.82, 2.24) is 0 Å². The van der Waals surface area contributed by atoms with Crippen molar-refractivity contribution in [3.63, 3.8) is 0 Å². The van der Waals surface area contributed by atoms with Crippen LogP contribution in [0, 0.1) is 0 Å². The molecular weight excluding hydrogens is 284 g/mol. The molecule has 2 rings (SSSR count). The molecule has 17 heavy (non-hydrogen) atoms. The Labute approximate surface area is 110 Å². The fourth-order valence-electron chi connectivity index (χ4n) is 1.83. The second-order valence-electron chi connectivity index (χ2n) is 4.08. The van der Waals surface area contributed by atoms with Gasteiger partial charge >= 0.3 is 0 Å². The Kier molecular flexibility index (Phi) is 4.29. The standard InChI is InChI=1S/C13H17BrO3/c1-3-6-15-13(9(2)14)10-4-5-11-12(7-10)17-8-16-11/h4-5,7,9,13H,3,6,8H2,1-2H3/t9-,13+/m1/s1. The topological polar surface area (TPSA) is 27.7 Å². The molecule has 0 aromatic heterocycles. The maximum atomic E-state index is 5.86. The molecule has 0 radical (unpaired) electrons. The fourth-order valence-corrected chi connectivity index (χ4v) is 2.29. The highest BCUT2D eigenvalue weighted by molar-refractivity contribution is 9.09. The molecule has 0 fully saturated rings. The van der Waals surface area contributed by atoms with E-state index in [4.69, 9.17) is 14.2 Å². The Hall–Kier alpha value is -0.740. The van der Waals surface area contributed by atoms with Crippen molar-refractivity contribution >= 4 is 15.9 Å². The first-order valence-electron chi connectivity index (χ1n) is 5.87. The number of benzene rings is 1. The van der Waals surface area contributed by atoms with E-state index < -0.39 is 0 Å². The summed E-state index contributed by atoms with van der Waals surface area (Å²) in [5.74, 6) is 1.62. The number of hydrogen-bond donors (Lipinski definition) is 0. The molecule has 1 aromatic rings. The van der Waals surface area contributed by atoms with Crippen molar-refractivity contribution in [2.24, 2.45) is 0 Å². The van der Waals surface area contributed by atoms with Crippen LogP contribution in [0.4, 0.5) is 0 Å². The second-order valence-corrected chi connectivity index (χ2v) is 5.53. The summed E-state index contributed by atoms with van der Waals surface area (Å²) in [6.07, 6.45) is 1.06. The van der Waals surface area contributed by atoms with Crippen LogP contribution in [0.5, 0.6) is 11.5 Å². The van der Waals surface area contributed by atoms with Crippen molar-refractivity contribution in [2.45, 2.75) is 31.2 Å². The molecule has 1 aliphatic rings. The summed E-state index contributed by atoms with van der Waals surface area (Å²) in [5, 5.41) is 0. The highest BCUT2D eigenvalue weighted by Crippen LogP contribution is 2.36. The average Bonchev–Trinajstić information content (AvgIpc) is 2.76. The lowest BCUT2D eigenvalue weighted by Crippen LogP contribution is -2.13. The number of hydrogen-bond acceptors (Lipinski definition) is 3. The summed E-state index contributed by atoms with van der Waals surface area (Å²) in [7, 11) is 0. The van der Waals surface area contributed by atoms with Gasteiger partial charge in [-0.2, -0.15) is 0 Å². The molecule has 4 heteroatoms. The molecule has 0 aliphatic carbocycles. The molecule has 0 amide bonds. The molecule has 3 nitrogen and oxygen atoms in total. The van der Waals surface area contributed by atoms with Gasteiger partial charge in [0.25, 0.3) is 0 Å². The molecule has 0 saturated carbocycles. The van der Waals surface area contributed by atoms with E-state index in [1.807, 2.05) is 18.2 Å². The van der Waals surface area contributed by atoms with Crippen molar-refractivity contribution in [3.05, 3.63) is 23.8 Å². The largest absolute Gasteiger partial charge is 0.454 e. The first kappa shape index (κ1) is 12.7. The Morgan fingerprint density at radius 1 is 1.35 bits per heavy atom. The zero-order chi connectivity index (χ0) is 12.3. The number of fused-ring (bicyclic) bond motifs is 1. The molecule has 1 aliphatic heterocycles. The van der Waals surface area contributed by atoms with Crippen LogP contribution in [0.3, 0.4) is 0 Å². The van der Waals surface area contributed by atoms with Gasteiger partial charge in [0.2, 0.25) is 6.79 Å². The van der Waals surface area contributed by atoms with Crippen molar-refractivity contribution in [2.75, 3.05) is 13.4 Å². The first-order chi connectivity index (χ1) is 8.22. The zero-order valence-electron chi connectivity index (χ0n) is 10.1. The molecule has 2 atom stereocenters. The van der Waals surface area contributed by atoms with Crippen LogP contribution in [0.15, 0.2) is 18.2 Å². The normalized spacial score (nSPS) is 16.9. The highest BCUT2D eigenvalue weighted by Gasteiger charge is 2.21. The van der Waals surface area contributed by atoms with Gasteiger partial charge in [-0.1, -0.05) is 28.9 Å². The maximum Gasteiger partial charge on any atom is 0.231 e. The smallest absolute Gasteiger partial charge is 0.231 e. The van der Waals surface area contributed by atoms with Crippen LogP contribution >= 0.6 is 15.9 Å². The number of alkyl halides is 1. The molecule has 94 valence electrons.